The molecule has 2 N–H and O–H groups in total. The number of rotatable bonds is 1. The largest absolute Gasteiger partial charge is 0.336 e. The van der Waals surface area contributed by atoms with Crippen molar-refractivity contribution in [1.29, 1.82) is 0 Å². The molecule has 0 aromatic rings. The van der Waals surface area contributed by atoms with Crippen LogP contribution < -0.4 is 10.6 Å². The van der Waals surface area contributed by atoms with Crippen molar-refractivity contribution in [3.05, 3.63) is 0 Å². The van der Waals surface area contributed by atoms with Gasteiger partial charge in [-0.05, 0) is 33.2 Å². The molecule has 0 radical (unpaired) electrons. The molecule has 0 saturated carbocycles. The molecule has 0 spiro atoms. The van der Waals surface area contributed by atoms with Gasteiger partial charge in [0.15, 0.2) is 0 Å². The van der Waals surface area contributed by atoms with Gasteiger partial charge < -0.3 is 15.5 Å². The van der Waals surface area contributed by atoms with E-state index >= 15 is 0 Å². The lowest BCUT2D eigenvalue weighted by Gasteiger charge is -2.24. The predicted octanol–water partition coefficient (Wildman–Crippen LogP) is 0.541. The minimum absolute atomic E-state index is 0.108. The van der Waals surface area contributed by atoms with E-state index in [1.807, 2.05) is 18.7 Å². The number of nitrogens with zero attached hydrogens (tertiary/aromatic N) is 1. The van der Waals surface area contributed by atoms with Gasteiger partial charge in [0.2, 0.25) is 0 Å². The summed E-state index contributed by atoms with van der Waals surface area (Å²) in [6, 6.07) is 1.33. The molecule has 2 amide bonds. The molecule has 0 aromatic heterocycles. The van der Waals surface area contributed by atoms with E-state index in [0.29, 0.717) is 12.1 Å². The van der Waals surface area contributed by atoms with Gasteiger partial charge in [0.1, 0.15) is 0 Å². The lowest BCUT2D eigenvalue weighted by atomic mass is 10.1. The number of hydrogen-bond acceptors (Lipinski definition) is 2. The minimum atomic E-state index is 0.108. The number of carbonyl (C=O) groups excluding carboxylic acids is 1. The smallest absolute Gasteiger partial charge is 0.317 e. The Labute approximate surface area is 85.0 Å². The van der Waals surface area contributed by atoms with Crippen molar-refractivity contribution in [3.8, 4) is 0 Å². The second-order valence-electron chi connectivity index (χ2n) is 4.50. The Kier molecular flexibility index (Phi) is 2.63. The van der Waals surface area contributed by atoms with Crippen molar-refractivity contribution in [2.24, 2.45) is 0 Å². The predicted molar refractivity (Wildman–Crippen MR) is 55.2 cm³/mol. The number of likely N-dealkylation sites (tertiary alicyclic amines) is 1. The van der Waals surface area contributed by atoms with Crippen LogP contribution in [0.3, 0.4) is 0 Å². The van der Waals surface area contributed by atoms with Gasteiger partial charge in [-0.2, -0.15) is 0 Å². The van der Waals surface area contributed by atoms with Crippen LogP contribution in [0.1, 0.15) is 26.7 Å². The van der Waals surface area contributed by atoms with Gasteiger partial charge in [-0.3, -0.25) is 0 Å². The first kappa shape index (κ1) is 9.77. The van der Waals surface area contributed by atoms with Crippen LogP contribution in [0.15, 0.2) is 0 Å². The van der Waals surface area contributed by atoms with E-state index in [1.165, 1.54) is 0 Å². The van der Waals surface area contributed by atoms with Crippen molar-refractivity contribution in [2.45, 2.75) is 44.8 Å². The summed E-state index contributed by atoms with van der Waals surface area (Å²) in [5.41, 5.74) is 0. The number of urea groups is 1. The van der Waals surface area contributed by atoms with Gasteiger partial charge in [0, 0.05) is 18.6 Å². The molecule has 0 bridgehead atoms. The Hall–Kier alpha value is -0.770. The van der Waals surface area contributed by atoms with Crippen molar-refractivity contribution >= 4 is 6.03 Å². The summed E-state index contributed by atoms with van der Waals surface area (Å²) in [6.45, 7) is 5.96. The van der Waals surface area contributed by atoms with Gasteiger partial charge in [-0.25, -0.2) is 4.79 Å². The lowest BCUT2D eigenvalue weighted by Crippen LogP contribution is -2.46. The summed E-state index contributed by atoms with van der Waals surface area (Å²) < 4.78 is 0. The van der Waals surface area contributed by atoms with Crippen LogP contribution in [-0.2, 0) is 0 Å². The standard InChI is InChI=1S/C10H19N3O/c1-7(2)12-10(14)13-6-4-8-9(13)3-5-11-8/h7-9,11H,3-6H2,1-2H3,(H,12,14). The molecule has 2 saturated heterocycles. The highest BCUT2D eigenvalue weighted by molar-refractivity contribution is 5.75. The van der Waals surface area contributed by atoms with Crippen LogP contribution in [0.4, 0.5) is 4.79 Å². The first-order valence-electron chi connectivity index (χ1n) is 5.49. The van der Waals surface area contributed by atoms with E-state index in [0.717, 1.165) is 25.9 Å². The number of nitrogens with one attached hydrogen (secondary N) is 2. The molecule has 2 heterocycles. The molecular weight excluding hydrogens is 178 g/mol. The lowest BCUT2D eigenvalue weighted by molar-refractivity contribution is 0.190. The number of hydrogen-bond donors (Lipinski definition) is 2. The summed E-state index contributed by atoms with van der Waals surface area (Å²) in [5.74, 6) is 0. The van der Waals surface area contributed by atoms with Crippen LogP contribution in [0.25, 0.3) is 0 Å². The molecule has 4 nitrogen and oxygen atoms in total. The SMILES string of the molecule is CC(C)NC(=O)N1CCC2NCCC21. The Morgan fingerprint density at radius 2 is 2.29 bits per heavy atom. The summed E-state index contributed by atoms with van der Waals surface area (Å²) in [4.78, 5) is 13.8. The second-order valence-corrected chi connectivity index (χ2v) is 4.50. The highest BCUT2D eigenvalue weighted by Gasteiger charge is 2.39. The molecule has 2 aliphatic heterocycles. The number of carbonyl (C=O) groups is 1. The average Bonchev–Trinajstić information content (AvgIpc) is 2.59. The van der Waals surface area contributed by atoms with E-state index in [2.05, 4.69) is 10.6 Å². The number of amides is 2. The first-order valence-corrected chi connectivity index (χ1v) is 5.49. The maximum absolute atomic E-state index is 11.8. The minimum Gasteiger partial charge on any atom is -0.336 e. The van der Waals surface area contributed by atoms with Crippen molar-refractivity contribution in [3.63, 3.8) is 0 Å². The zero-order chi connectivity index (χ0) is 10.1. The summed E-state index contributed by atoms with van der Waals surface area (Å²) in [7, 11) is 0. The molecule has 0 aromatic carbocycles. The Morgan fingerprint density at radius 1 is 1.50 bits per heavy atom. The molecule has 0 aliphatic carbocycles. The molecule has 2 aliphatic rings. The maximum atomic E-state index is 11.8. The highest BCUT2D eigenvalue weighted by Crippen LogP contribution is 2.24. The van der Waals surface area contributed by atoms with Crippen molar-refractivity contribution < 1.29 is 4.79 Å². The monoisotopic (exact) mass is 197 g/mol. The Bertz CT molecular complexity index is 229. The van der Waals surface area contributed by atoms with Gasteiger partial charge in [-0.1, -0.05) is 0 Å². The first-order chi connectivity index (χ1) is 6.68. The van der Waals surface area contributed by atoms with Crippen molar-refractivity contribution in [2.75, 3.05) is 13.1 Å². The molecule has 2 rings (SSSR count). The van der Waals surface area contributed by atoms with Gasteiger partial charge in [-0.15, -0.1) is 0 Å². The third kappa shape index (κ3) is 1.71. The average molecular weight is 197 g/mol. The third-order valence-electron chi connectivity index (χ3n) is 3.07. The summed E-state index contributed by atoms with van der Waals surface area (Å²) in [6.07, 6.45) is 2.21. The van der Waals surface area contributed by atoms with E-state index in [1.54, 1.807) is 0 Å². The fourth-order valence-electron chi connectivity index (χ4n) is 2.45. The van der Waals surface area contributed by atoms with Crippen LogP contribution in [0, 0.1) is 0 Å². The fraction of sp³-hybridized carbons (Fsp3) is 0.900. The molecule has 2 unspecified atom stereocenters. The van der Waals surface area contributed by atoms with E-state index in [-0.39, 0.29) is 12.1 Å². The van der Waals surface area contributed by atoms with E-state index < -0.39 is 0 Å². The zero-order valence-corrected chi connectivity index (χ0v) is 8.92. The van der Waals surface area contributed by atoms with Gasteiger partial charge in [0.05, 0.1) is 6.04 Å². The van der Waals surface area contributed by atoms with Crippen LogP contribution >= 0.6 is 0 Å². The topological polar surface area (TPSA) is 44.4 Å². The van der Waals surface area contributed by atoms with E-state index in [4.69, 9.17) is 0 Å². The molecule has 4 heteroatoms. The quantitative estimate of drug-likeness (QED) is 0.644. The van der Waals surface area contributed by atoms with Crippen LogP contribution in [-0.4, -0.2) is 42.1 Å². The van der Waals surface area contributed by atoms with E-state index in [9.17, 15) is 4.79 Å². The molecule has 2 atom stereocenters. The highest BCUT2D eigenvalue weighted by atomic mass is 16.2. The molecule has 14 heavy (non-hydrogen) atoms. The van der Waals surface area contributed by atoms with Gasteiger partial charge in [0.25, 0.3) is 0 Å². The second kappa shape index (κ2) is 3.77. The summed E-state index contributed by atoms with van der Waals surface area (Å²) >= 11 is 0. The molecular formula is C10H19N3O. The Balaban J connectivity index is 1.94. The van der Waals surface area contributed by atoms with Crippen LogP contribution in [0.2, 0.25) is 0 Å². The maximum Gasteiger partial charge on any atom is 0.317 e. The normalized spacial score (nSPS) is 30.9. The summed E-state index contributed by atoms with van der Waals surface area (Å²) in [5, 5.41) is 6.39. The molecule has 2 fully saturated rings. The van der Waals surface area contributed by atoms with Gasteiger partial charge >= 0.3 is 6.03 Å². The number of fused-ring (bicyclic) bond motifs is 1. The third-order valence-corrected chi connectivity index (χ3v) is 3.07. The Morgan fingerprint density at radius 3 is 3.00 bits per heavy atom. The zero-order valence-electron chi connectivity index (χ0n) is 8.92. The molecule has 80 valence electrons. The van der Waals surface area contributed by atoms with Crippen LogP contribution in [0.5, 0.6) is 0 Å². The van der Waals surface area contributed by atoms with Crippen molar-refractivity contribution in [1.82, 2.24) is 15.5 Å². The fourth-order valence-corrected chi connectivity index (χ4v) is 2.45.